The van der Waals surface area contributed by atoms with Crippen molar-refractivity contribution in [3.63, 3.8) is 0 Å². The van der Waals surface area contributed by atoms with Crippen LogP contribution in [0.4, 0.5) is 17.2 Å². The first-order valence-electron chi connectivity index (χ1n) is 8.79. The number of hydrogen-bond acceptors (Lipinski definition) is 5. The number of nitrogens with zero attached hydrogens (tertiary/aromatic N) is 3. The maximum absolute atomic E-state index is 12.3. The summed E-state index contributed by atoms with van der Waals surface area (Å²) in [5.74, 6) is 1.11. The molecule has 0 aliphatic carbocycles. The van der Waals surface area contributed by atoms with Crippen LogP contribution in [0.3, 0.4) is 0 Å². The number of piperidine rings is 1. The Hall–Kier alpha value is -2.96. The lowest BCUT2D eigenvalue weighted by atomic mass is 9.99. The molecule has 2 heterocycles. The fraction of sp³-hybridized carbons (Fsp3) is 0.368. The van der Waals surface area contributed by atoms with Crippen LogP contribution in [-0.2, 0) is 4.79 Å². The molecule has 0 saturated carbocycles. The number of hydrogen-bond donors (Lipinski definition) is 2. The molecule has 1 aliphatic rings. The van der Waals surface area contributed by atoms with Crippen LogP contribution >= 0.6 is 0 Å². The Morgan fingerprint density at radius 3 is 2.12 bits per heavy atom. The van der Waals surface area contributed by atoms with Gasteiger partial charge in [-0.05, 0) is 55.2 Å². The number of rotatable bonds is 4. The Bertz CT molecular complexity index is 766. The molecule has 2 N–H and O–H groups in total. The summed E-state index contributed by atoms with van der Waals surface area (Å²) >= 11 is 0. The molecule has 26 heavy (non-hydrogen) atoms. The lowest BCUT2D eigenvalue weighted by Crippen LogP contribution is -2.33. The lowest BCUT2D eigenvalue weighted by Gasteiger charge is -2.30. The number of anilines is 3. The van der Waals surface area contributed by atoms with E-state index in [4.69, 9.17) is 0 Å². The average Bonchev–Trinajstić information content (AvgIpc) is 2.64. The molecule has 2 amide bonds. The molecule has 0 atom stereocenters. The maximum Gasteiger partial charge on any atom is 0.276 e. The quantitative estimate of drug-likeness (QED) is 0.882. The summed E-state index contributed by atoms with van der Waals surface area (Å²) in [5.41, 5.74) is 1.57. The Balaban J connectivity index is 1.60. The van der Waals surface area contributed by atoms with Gasteiger partial charge in [-0.15, -0.1) is 10.2 Å². The van der Waals surface area contributed by atoms with Crippen molar-refractivity contribution < 1.29 is 9.59 Å². The molecule has 7 nitrogen and oxygen atoms in total. The first-order chi connectivity index (χ1) is 12.5. The summed E-state index contributed by atoms with van der Waals surface area (Å²) in [5, 5.41) is 13.7. The molecule has 1 aliphatic heterocycles. The normalized spacial score (nSPS) is 14.8. The molecule has 136 valence electrons. The molecular weight excluding hydrogens is 330 g/mol. The summed E-state index contributed by atoms with van der Waals surface area (Å²) in [7, 11) is 0. The van der Waals surface area contributed by atoms with Crippen LogP contribution in [-0.4, -0.2) is 35.1 Å². The van der Waals surface area contributed by atoms with Crippen LogP contribution in [0.1, 0.15) is 37.2 Å². The van der Waals surface area contributed by atoms with Crippen LogP contribution in [0, 0.1) is 5.92 Å². The highest BCUT2D eigenvalue weighted by atomic mass is 16.2. The van der Waals surface area contributed by atoms with Crippen molar-refractivity contribution in [3.05, 3.63) is 42.1 Å². The smallest absolute Gasteiger partial charge is 0.276 e. The monoisotopic (exact) mass is 353 g/mol. The van der Waals surface area contributed by atoms with Crippen molar-refractivity contribution in [2.24, 2.45) is 5.92 Å². The molecule has 7 heteroatoms. The molecular formula is C19H23N5O2. The van der Waals surface area contributed by atoms with E-state index in [1.807, 2.05) is 6.07 Å². The highest BCUT2D eigenvalue weighted by molar-refractivity contribution is 6.03. The van der Waals surface area contributed by atoms with Crippen LogP contribution in [0.5, 0.6) is 0 Å². The van der Waals surface area contributed by atoms with Gasteiger partial charge in [0.15, 0.2) is 11.5 Å². The van der Waals surface area contributed by atoms with Crippen LogP contribution < -0.4 is 15.5 Å². The van der Waals surface area contributed by atoms with E-state index in [0.29, 0.717) is 11.4 Å². The zero-order chi connectivity index (χ0) is 18.5. The van der Waals surface area contributed by atoms with E-state index in [2.05, 4.69) is 32.7 Å². The van der Waals surface area contributed by atoms with Crippen molar-refractivity contribution in [2.75, 3.05) is 28.6 Å². The standard InChI is InChI=1S/C19H23N5O2/c1-13-9-11-24(12-10-13)18-8-7-17(22-23-18)19(26)21-16-5-3-15(4-6-16)20-14(2)25/h3-8,13H,9-12H2,1-2H3,(H,20,25)(H,21,26). The molecule has 1 fully saturated rings. The number of carbonyl (C=O) groups is 2. The van der Waals surface area contributed by atoms with Crippen LogP contribution in [0.25, 0.3) is 0 Å². The highest BCUT2D eigenvalue weighted by Crippen LogP contribution is 2.21. The number of carbonyl (C=O) groups excluding carboxylic acids is 2. The molecule has 0 unspecified atom stereocenters. The topological polar surface area (TPSA) is 87.2 Å². The first kappa shape index (κ1) is 17.8. The number of aromatic nitrogens is 2. The van der Waals surface area contributed by atoms with Gasteiger partial charge in [-0.2, -0.15) is 0 Å². The molecule has 1 saturated heterocycles. The van der Waals surface area contributed by atoms with Crippen molar-refractivity contribution in [1.82, 2.24) is 10.2 Å². The predicted octanol–water partition coefficient (Wildman–Crippen LogP) is 2.92. The highest BCUT2D eigenvalue weighted by Gasteiger charge is 2.18. The van der Waals surface area contributed by atoms with Gasteiger partial charge in [-0.1, -0.05) is 6.92 Å². The number of amides is 2. The van der Waals surface area contributed by atoms with Gasteiger partial charge in [0.05, 0.1) is 0 Å². The van der Waals surface area contributed by atoms with E-state index in [1.165, 1.54) is 6.92 Å². The van der Waals surface area contributed by atoms with E-state index in [-0.39, 0.29) is 17.5 Å². The fourth-order valence-electron chi connectivity index (χ4n) is 2.89. The zero-order valence-corrected chi connectivity index (χ0v) is 15.0. The van der Waals surface area contributed by atoms with Crippen molar-refractivity contribution >= 4 is 29.0 Å². The average molecular weight is 353 g/mol. The van der Waals surface area contributed by atoms with Gasteiger partial charge < -0.3 is 15.5 Å². The minimum Gasteiger partial charge on any atom is -0.355 e. The van der Waals surface area contributed by atoms with E-state index >= 15 is 0 Å². The van der Waals surface area contributed by atoms with Crippen molar-refractivity contribution in [2.45, 2.75) is 26.7 Å². The third-order valence-electron chi connectivity index (χ3n) is 4.45. The van der Waals surface area contributed by atoms with Gasteiger partial charge >= 0.3 is 0 Å². The summed E-state index contributed by atoms with van der Waals surface area (Å²) in [6.07, 6.45) is 2.30. The molecule has 3 rings (SSSR count). The zero-order valence-electron chi connectivity index (χ0n) is 15.0. The second-order valence-electron chi connectivity index (χ2n) is 6.66. The Kier molecular flexibility index (Phi) is 5.46. The summed E-state index contributed by atoms with van der Waals surface area (Å²) < 4.78 is 0. The van der Waals surface area contributed by atoms with E-state index < -0.39 is 0 Å². The molecule has 0 radical (unpaired) electrons. The van der Waals surface area contributed by atoms with Crippen molar-refractivity contribution in [1.29, 1.82) is 0 Å². The molecule has 2 aromatic rings. The van der Waals surface area contributed by atoms with Gasteiger partial charge in [-0.25, -0.2) is 0 Å². The van der Waals surface area contributed by atoms with Gasteiger partial charge in [0.2, 0.25) is 5.91 Å². The first-order valence-corrected chi connectivity index (χ1v) is 8.79. The Morgan fingerprint density at radius 2 is 1.58 bits per heavy atom. The van der Waals surface area contributed by atoms with E-state index in [9.17, 15) is 9.59 Å². The van der Waals surface area contributed by atoms with E-state index in [0.717, 1.165) is 37.7 Å². The molecule has 1 aromatic carbocycles. The predicted molar refractivity (Wildman–Crippen MR) is 101 cm³/mol. The molecule has 0 bridgehead atoms. The number of nitrogens with one attached hydrogen (secondary N) is 2. The molecule has 1 aromatic heterocycles. The minimum atomic E-state index is -0.316. The largest absolute Gasteiger partial charge is 0.355 e. The summed E-state index contributed by atoms with van der Waals surface area (Å²) in [4.78, 5) is 25.5. The van der Waals surface area contributed by atoms with Crippen LogP contribution in [0.2, 0.25) is 0 Å². The van der Waals surface area contributed by atoms with Gasteiger partial charge in [0, 0.05) is 31.4 Å². The fourth-order valence-corrected chi connectivity index (χ4v) is 2.89. The second kappa shape index (κ2) is 7.95. The Morgan fingerprint density at radius 1 is 0.962 bits per heavy atom. The SMILES string of the molecule is CC(=O)Nc1ccc(NC(=O)c2ccc(N3CCC(C)CC3)nn2)cc1. The van der Waals surface area contributed by atoms with Crippen molar-refractivity contribution in [3.8, 4) is 0 Å². The Labute approximate surface area is 152 Å². The second-order valence-corrected chi connectivity index (χ2v) is 6.66. The van der Waals surface area contributed by atoms with E-state index in [1.54, 1.807) is 30.3 Å². The van der Waals surface area contributed by atoms with Gasteiger partial charge in [0.1, 0.15) is 0 Å². The summed E-state index contributed by atoms with van der Waals surface area (Å²) in [6.45, 7) is 5.66. The third kappa shape index (κ3) is 4.56. The lowest BCUT2D eigenvalue weighted by molar-refractivity contribution is -0.114. The van der Waals surface area contributed by atoms with Gasteiger partial charge in [-0.3, -0.25) is 9.59 Å². The summed E-state index contributed by atoms with van der Waals surface area (Å²) in [6, 6.07) is 10.4. The maximum atomic E-state index is 12.3. The minimum absolute atomic E-state index is 0.139. The number of benzene rings is 1. The van der Waals surface area contributed by atoms with Crippen LogP contribution in [0.15, 0.2) is 36.4 Å². The molecule has 0 spiro atoms. The third-order valence-corrected chi connectivity index (χ3v) is 4.45. The van der Waals surface area contributed by atoms with Gasteiger partial charge in [0.25, 0.3) is 5.91 Å².